The number of ether oxygens (including phenoxy) is 1. The number of halogens is 2. The van der Waals surface area contributed by atoms with Crippen LogP contribution in [0.1, 0.15) is 4.88 Å². The Kier molecular flexibility index (Phi) is 6.56. The summed E-state index contributed by atoms with van der Waals surface area (Å²) in [5, 5.41) is 6.26. The highest BCUT2D eigenvalue weighted by Crippen LogP contribution is 2.23. The summed E-state index contributed by atoms with van der Waals surface area (Å²) in [5.74, 6) is 0. The monoisotopic (exact) mass is 399 g/mol. The smallest absolute Gasteiger partial charge is 0.319 e. The van der Waals surface area contributed by atoms with Crippen LogP contribution in [0, 0.1) is 0 Å². The predicted molar refractivity (Wildman–Crippen MR) is 103 cm³/mol. The van der Waals surface area contributed by atoms with E-state index in [-0.39, 0.29) is 12.1 Å². The van der Waals surface area contributed by atoms with Gasteiger partial charge in [-0.25, -0.2) is 4.79 Å². The Labute approximate surface area is 160 Å². The van der Waals surface area contributed by atoms with E-state index in [1.807, 2.05) is 6.07 Å². The number of amides is 2. The molecule has 1 fully saturated rings. The van der Waals surface area contributed by atoms with E-state index in [2.05, 4.69) is 21.6 Å². The molecule has 134 valence electrons. The van der Waals surface area contributed by atoms with Crippen LogP contribution in [0.15, 0.2) is 36.4 Å². The molecule has 1 aromatic heterocycles. The van der Waals surface area contributed by atoms with Crippen molar-refractivity contribution in [3.05, 3.63) is 50.6 Å². The molecule has 1 saturated heterocycles. The van der Waals surface area contributed by atoms with Crippen LogP contribution in [0.4, 0.5) is 10.5 Å². The zero-order chi connectivity index (χ0) is 17.6. The number of benzene rings is 1. The molecule has 1 aliphatic heterocycles. The van der Waals surface area contributed by atoms with Crippen LogP contribution in [-0.2, 0) is 11.3 Å². The largest absolute Gasteiger partial charge is 0.374 e. The third-order valence-electron chi connectivity index (χ3n) is 3.82. The maximum absolute atomic E-state index is 12.0. The van der Waals surface area contributed by atoms with Gasteiger partial charge in [-0.2, -0.15) is 0 Å². The minimum Gasteiger partial charge on any atom is -0.374 e. The van der Waals surface area contributed by atoms with E-state index in [0.29, 0.717) is 23.9 Å². The summed E-state index contributed by atoms with van der Waals surface area (Å²) >= 11 is 13.4. The third kappa shape index (κ3) is 5.87. The van der Waals surface area contributed by atoms with Crippen molar-refractivity contribution in [2.75, 3.05) is 31.6 Å². The van der Waals surface area contributed by atoms with Crippen molar-refractivity contribution >= 4 is 46.3 Å². The van der Waals surface area contributed by atoms with E-state index in [1.165, 1.54) is 4.88 Å². The van der Waals surface area contributed by atoms with Crippen molar-refractivity contribution in [1.82, 2.24) is 10.2 Å². The van der Waals surface area contributed by atoms with Crippen molar-refractivity contribution < 1.29 is 9.53 Å². The summed E-state index contributed by atoms with van der Waals surface area (Å²) in [5.41, 5.74) is 0.697. The van der Waals surface area contributed by atoms with Gasteiger partial charge < -0.3 is 15.4 Å². The van der Waals surface area contributed by atoms with Crippen molar-refractivity contribution in [3.8, 4) is 0 Å². The second-order valence-corrected chi connectivity index (χ2v) is 8.01. The van der Waals surface area contributed by atoms with Crippen LogP contribution in [-0.4, -0.2) is 43.3 Å². The molecule has 0 saturated carbocycles. The Morgan fingerprint density at radius 1 is 1.24 bits per heavy atom. The van der Waals surface area contributed by atoms with Crippen molar-refractivity contribution in [1.29, 1.82) is 0 Å². The SMILES string of the molecule is O=C(NCC1CN(Cc2ccc(Cl)s2)CCO1)Nc1ccc(Cl)cc1. The van der Waals surface area contributed by atoms with E-state index < -0.39 is 0 Å². The summed E-state index contributed by atoms with van der Waals surface area (Å²) in [6.07, 6.45) is -0.0276. The molecule has 0 radical (unpaired) electrons. The molecule has 5 nitrogen and oxygen atoms in total. The van der Waals surface area contributed by atoms with Gasteiger partial charge in [-0.05, 0) is 36.4 Å². The van der Waals surface area contributed by atoms with Crippen LogP contribution >= 0.6 is 34.5 Å². The number of hydrogen-bond donors (Lipinski definition) is 2. The summed E-state index contributed by atoms with van der Waals surface area (Å²) in [4.78, 5) is 15.5. The standard InChI is InChI=1S/C17H19Cl2N3O2S/c18-12-1-3-13(4-2-12)21-17(23)20-9-14-10-22(7-8-24-14)11-15-5-6-16(19)25-15/h1-6,14H,7-11H2,(H2,20,21,23). The highest BCUT2D eigenvalue weighted by molar-refractivity contribution is 7.16. The molecule has 0 spiro atoms. The van der Waals surface area contributed by atoms with E-state index in [4.69, 9.17) is 27.9 Å². The van der Waals surface area contributed by atoms with Gasteiger partial charge >= 0.3 is 6.03 Å². The zero-order valence-corrected chi connectivity index (χ0v) is 15.8. The second kappa shape index (κ2) is 8.87. The minimum absolute atomic E-state index is 0.0276. The van der Waals surface area contributed by atoms with E-state index in [0.717, 1.165) is 24.0 Å². The molecule has 25 heavy (non-hydrogen) atoms. The molecule has 1 atom stereocenters. The van der Waals surface area contributed by atoms with Gasteiger partial charge in [0, 0.05) is 41.8 Å². The third-order valence-corrected chi connectivity index (χ3v) is 5.29. The Morgan fingerprint density at radius 3 is 2.76 bits per heavy atom. The van der Waals surface area contributed by atoms with Gasteiger partial charge in [0.15, 0.2) is 0 Å². The number of hydrogen-bond acceptors (Lipinski definition) is 4. The molecule has 2 amide bonds. The predicted octanol–water partition coefficient (Wildman–Crippen LogP) is 4.08. The molecule has 2 aromatic rings. The van der Waals surface area contributed by atoms with Crippen molar-refractivity contribution in [2.24, 2.45) is 0 Å². The Hall–Kier alpha value is -1.31. The lowest BCUT2D eigenvalue weighted by atomic mass is 10.2. The number of rotatable bonds is 5. The number of carbonyl (C=O) groups is 1. The number of thiophene rings is 1. The molecule has 2 N–H and O–H groups in total. The fourth-order valence-corrected chi connectivity index (χ4v) is 3.88. The average molecular weight is 400 g/mol. The fraction of sp³-hybridized carbons (Fsp3) is 0.353. The molecular weight excluding hydrogens is 381 g/mol. The van der Waals surface area contributed by atoms with Gasteiger partial charge in [-0.3, -0.25) is 4.90 Å². The molecule has 1 unspecified atom stereocenters. The minimum atomic E-state index is -0.256. The molecule has 0 aliphatic carbocycles. The van der Waals surface area contributed by atoms with Crippen molar-refractivity contribution in [3.63, 3.8) is 0 Å². The average Bonchev–Trinajstić information content (AvgIpc) is 3.00. The Morgan fingerprint density at radius 2 is 2.04 bits per heavy atom. The van der Waals surface area contributed by atoms with Gasteiger partial charge in [0.05, 0.1) is 17.0 Å². The summed E-state index contributed by atoms with van der Waals surface area (Å²) < 4.78 is 6.55. The molecule has 2 heterocycles. The number of morpholine rings is 1. The van der Waals surface area contributed by atoms with E-state index in [9.17, 15) is 4.79 Å². The van der Waals surface area contributed by atoms with E-state index >= 15 is 0 Å². The molecular formula is C17H19Cl2N3O2S. The first-order chi connectivity index (χ1) is 12.1. The molecule has 3 rings (SSSR count). The van der Waals surface area contributed by atoms with Crippen LogP contribution in [0.3, 0.4) is 0 Å². The first kappa shape index (κ1) is 18.5. The normalized spacial score (nSPS) is 18.1. The number of anilines is 1. The van der Waals surface area contributed by atoms with Gasteiger partial charge in [0.2, 0.25) is 0 Å². The van der Waals surface area contributed by atoms with Gasteiger partial charge in [-0.15, -0.1) is 11.3 Å². The zero-order valence-electron chi connectivity index (χ0n) is 13.5. The molecule has 0 bridgehead atoms. The summed E-state index contributed by atoms with van der Waals surface area (Å²) in [6, 6.07) is 10.7. The van der Waals surface area contributed by atoms with Gasteiger partial charge in [-0.1, -0.05) is 23.2 Å². The first-order valence-electron chi connectivity index (χ1n) is 7.97. The van der Waals surface area contributed by atoms with Crippen LogP contribution in [0.5, 0.6) is 0 Å². The highest BCUT2D eigenvalue weighted by atomic mass is 35.5. The summed E-state index contributed by atoms with van der Waals surface area (Å²) in [7, 11) is 0. The van der Waals surface area contributed by atoms with Gasteiger partial charge in [0.25, 0.3) is 0 Å². The van der Waals surface area contributed by atoms with Gasteiger partial charge in [0.1, 0.15) is 0 Å². The second-order valence-electron chi connectivity index (χ2n) is 5.78. The number of urea groups is 1. The number of nitrogens with one attached hydrogen (secondary N) is 2. The maximum Gasteiger partial charge on any atom is 0.319 e. The van der Waals surface area contributed by atoms with Crippen LogP contribution < -0.4 is 10.6 Å². The lowest BCUT2D eigenvalue weighted by Gasteiger charge is -2.32. The maximum atomic E-state index is 12.0. The quantitative estimate of drug-likeness (QED) is 0.796. The molecule has 1 aromatic carbocycles. The topological polar surface area (TPSA) is 53.6 Å². The lowest BCUT2D eigenvalue weighted by Crippen LogP contribution is -2.47. The van der Waals surface area contributed by atoms with Crippen LogP contribution in [0.25, 0.3) is 0 Å². The summed E-state index contributed by atoms with van der Waals surface area (Å²) in [6.45, 7) is 3.62. The lowest BCUT2D eigenvalue weighted by molar-refractivity contribution is -0.0282. The Balaban J connectivity index is 1.42. The number of nitrogens with zero attached hydrogens (tertiary/aromatic N) is 1. The fourth-order valence-electron chi connectivity index (χ4n) is 2.62. The Bertz CT molecular complexity index is 708. The first-order valence-corrected chi connectivity index (χ1v) is 9.54. The molecule has 8 heteroatoms. The molecule has 1 aliphatic rings. The highest BCUT2D eigenvalue weighted by Gasteiger charge is 2.21. The number of carbonyl (C=O) groups excluding carboxylic acids is 1. The van der Waals surface area contributed by atoms with Crippen LogP contribution in [0.2, 0.25) is 9.36 Å². The van der Waals surface area contributed by atoms with Crippen molar-refractivity contribution in [2.45, 2.75) is 12.6 Å². The van der Waals surface area contributed by atoms with E-state index in [1.54, 1.807) is 35.6 Å².